The summed E-state index contributed by atoms with van der Waals surface area (Å²) in [6, 6.07) is 16.9. The quantitative estimate of drug-likeness (QED) is 0.679. The van der Waals surface area contributed by atoms with E-state index in [1.54, 1.807) is 0 Å². The van der Waals surface area contributed by atoms with Crippen LogP contribution in [0.25, 0.3) is 0 Å². The molecule has 0 spiro atoms. The average Bonchev–Trinajstić information content (AvgIpc) is 2.50. The van der Waals surface area contributed by atoms with E-state index in [-0.39, 0.29) is 0 Å². The van der Waals surface area contributed by atoms with Gasteiger partial charge in [-0.3, -0.25) is 0 Å². The molecular formula is C18H20N2O2. The maximum Gasteiger partial charge on any atom is 0.348 e. The van der Waals surface area contributed by atoms with Crippen LogP contribution in [0.5, 0.6) is 0 Å². The van der Waals surface area contributed by atoms with Crippen molar-refractivity contribution >= 4 is 17.6 Å². The molecule has 0 aliphatic carbocycles. The van der Waals surface area contributed by atoms with Crippen LogP contribution < -0.4 is 5.32 Å². The molecule has 0 fully saturated rings. The van der Waals surface area contributed by atoms with Gasteiger partial charge in [-0.15, -0.1) is 0 Å². The minimum atomic E-state index is -0.429. The van der Waals surface area contributed by atoms with E-state index in [2.05, 4.69) is 10.3 Å². The van der Waals surface area contributed by atoms with Gasteiger partial charge in [0.1, 0.15) is 0 Å². The van der Waals surface area contributed by atoms with Crippen molar-refractivity contribution < 1.29 is 9.53 Å². The van der Waals surface area contributed by atoms with Crippen molar-refractivity contribution in [2.24, 2.45) is 4.99 Å². The van der Waals surface area contributed by atoms with Crippen LogP contribution in [0.15, 0.2) is 59.6 Å². The molecule has 0 unspecified atom stereocenters. The van der Waals surface area contributed by atoms with Gasteiger partial charge in [-0.1, -0.05) is 48.0 Å². The topological polar surface area (TPSA) is 50.7 Å². The molecule has 0 atom stereocenters. The number of aliphatic imine (C=N–C) groups is 1. The van der Waals surface area contributed by atoms with Gasteiger partial charge in [0.25, 0.3) is 0 Å². The van der Waals surface area contributed by atoms with Crippen LogP contribution in [0.4, 0.5) is 10.5 Å². The number of urea groups is 1. The third-order valence-electron chi connectivity index (χ3n) is 3.04. The second-order valence-electron chi connectivity index (χ2n) is 4.90. The average molecular weight is 296 g/mol. The summed E-state index contributed by atoms with van der Waals surface area (Å²) in [5, 5.41) is 2.72. The third-order valence-corrected chi connectivity index (χ3v) is 3.04. The van der Waals surface area contributed by atoms with E-state index in [9.17, 15) is 4.79 Å². The van der Waals surface area contributed by atoms with Crippen LogP contribution in [0.1, 0.15) is 18.1 Å². The number of aryl methyl sites for hydroxylation is 1. The highest BCUT2D eigenvalue weighted by Gasteiger charge is 2.07. The van der Waals surface area contributed by atoms with Gasteiger partial charge in [0.05, 0.1) is 6.61 Å². The molecule has 22 heavy (non-hydrogen) atoms. The molecule has 0 heterocycles. The van der Waals surface area contributed by atoms with Gasteiger partial charge in [-0.05, 0) is 31.5 Å². The molecule has 0 saturated carbocycles. The van der Waals surface area contributed by atoms with E-state index in [1.807, 2.05) is 68.4 Å². The Hall–Kier alpha value is -2.62. The molecule has 0 radical (unpaired) electrons. The molecule has 114 valence electrons. The van der Waals surface area contributed by atoms with Crippen molar-refractivity contribution in [3.63, 3.8) is 0 Å². The zero-order valence-corrected chi connectivity index (χ0v) is 12.9. The molecule has 2 aromatic rings. The molecule has 2 aromatic carbocycles. The monoisotopic (exact) mass is 296 g/mol. The molecule has 0 aromatic heterocycles. The summed E-state index contributed by atoms with van der Waals surface area (Å²) in [6.07, 6.45) is 0.496. The van der Waals surface area contributed by atoms with Crippen LogP contribution in [-0.2, 0) is 11.2 Å². The SMILES string of the molecule is CCO/C(Cc1ccc(C)cc1)=N\C(=O)Nc1ccccc1. The van der Waals surface area contributed by atoms with Crippen molar-refractivity contribution in [3.05, 3.63) is 65.7 Å². The maximum absolute atomic E-state index is 12.0. The first kappa shape index (κ1) is 15.8. The van der Waals surface area contributed by atoms with Crippen molar-refractivity contribution in [1.82, 2.24) is 0 Å². The number of anilines is 1. The fourth-order valence-corrected chi connectivity index (χ4v) is 1.96. The largest absolute Gasteiger partial charge is 0.481 e. The number of amides is 2. The first-order chi connectivity index (χ1) is 10.7. The highest BCUT2D eigenvalue weighted by atomic mass is 16.5. The highest BCUT2D eigenvalue weighted by Crippen LogP contribution is 2.08. The number of carbonyl (C=O) groups is 1. The normalized spacial score (nSPS) is 11.1. The summed E-state index contributed by atoms with van der Waals surface area (Å²) in [6.45, 7) is 4.39. The molecule has 0 saturated heterocycles. The number of carbonyl (C=O) groups excluding carboxylic acids is 1. The first-order valence-electron chi connectivity index (χ1n) is 7.29. The van der Waals surface area contributed by atoms with Gasteiger partial charge in [0, 0.05) is 12.1 Å². The Balaban J connectivity index is 2.05. The van der Waals surface area contributed by atoms with Crippen LogP contribution >= 0.6 is 0 Å². The second-order valence-corrected chi connectivity index (χ2v) is 4.90. The van der Waals surface area contributed by atoms with Gasteiger partial charge < -0.3 is 10.1 Å². The van der Waals surface area contributed by atoms with E-state index in [4.69, 9.17) is 4.74 Å². The molecule has 2 rings (SSSR count). The van der Waals surface area contributed by atoms with Gasteiger partial charge in [0.15, 0.2) is 5.90 Å². The number of hydrogen-bond donors (Lipinski definition) is 1. The first-order valence-corrected chi connectivity index (χ1v) is 7.29. The third kappa shape index (κ3) is 5.05. The Labute approximate surface area is 130 Å². The molecule has 4 heteroatoms. The lowest BCUT2D eigenvalue weighted by molar-refractivity contribution is 0.257. The Morgan fingerprint density at radius 2 is 1.77 bits per heavy atom. The lowest BCUT2D eigenvalue weighted by Gasteiger charge is -2.08. The van der Waals surface area contributed by atoms with Gasteiger partial charge in [-0.2, -0.15) is 4.99 Å². The number of para-hydroxylation sites is 1. The minimum Gasteiger partial charge on any atom is -0.481 e. The van der Waals surface area contributed by atoms with Crippen LogP contribution in [-0.4, -0.2) is 18.5 Å². The zero-order chi connectivity index (χ0) is 15.8. The number of rotatable bonds is 4. The van der Waals surface area contributed by atoms with Gasteiger partial charge >= 0.3 is 6.03 Å². The molecule has 1 N–H and O–H groups in total. The van der Waals surface area contributed by atoms with Crippen LogP contribution in [0.3, 0.4) is 0 Å². The molecule has 2 amide bonds. The fourth-order valence-electron chi connectivity index (χ4n) is 1.96. The Morgan fingerprint density at radius 1 is 1.09 bits per heavy atom. The van der Waals surface area contributed by atoms with E-state index in [0.29, 0.717) is 24.6 Å². The summed E-state index contributed by atoms with van der Waals surface area (Å²) >= 11 is 0. The summed E-state index contributed by atoms with van der Waals surface area (Å²) in [7, 11) is 0. The van der Waals surface area contributed by atoms with Gasteiger partial charge in [0.2, 0.25) is 0 Å². The van der Waals surface area contributed by atoms with E-state index in [0.717, 1.165) is 5.56 Å². The standard InChI is InChI=1S/C18H20N2O2/c1-3-22-17(13-15-11-9-14(2)10-12-15)20-18(21)19-16-7-5-4-6-8-16/h4-12H,3,13H2,1-2H3,(H,19,21)/b20-17-. The predicted octanol–water partition coefficient (Wildman–Crippen LogP) is 4.20. The van der Waals surface area contributed by atoms with E-state index < -0.39 is 6.03 Å². The van der Waals surface area contributed by atoms with Crippen LogP contribution in [0, 0.1) is 6.92 Å². The number of hydrogen-bond acceptors (Lipinski definition) is 2. The predicted molar refractivity (Wildman–Crippen MR) is 89.4 cm³/mol. The molecule has 0 aliphatic rings. The molecule has 0 bridgehead atoms. The highest BCUT2D eigenvalue weighted by molar-refractivity contribution is 5.98. The summed E-state index contributed by atoms with van der Waals surface area (Å²) < 4.78 is 5.47. The van der Waals surface area contributed by atoms with E-state index >= 15 is 0 Å². The second kappa shape index (κ2) is 7.98. The van der Waals surface area contributed by atoms with Crippen molar-refractivity contribution in [2.75, 3.05) is 11.9 Å². The molecule has 4 nitrogen and oxygen atoms in total. The Morgan fingerprint density at radius 3 is 2.41 bits per heavy atom. The van der Waals surface area contributed by atoms with Crippen molar-refractivity contribution in [2.45, 2.75) is 20.3 Å². The van der Waals surface area contributed by atoms with E-state index in [1.165, 1.54) is 5.56 Å². The Bertz CT molecular complexity index is 634. The number of nitrogens with one attached hydrogen (secondary N) is 1. The summed E-state index contributed by atoms with van der Waals surface area (Å²) in [4.78, 5) is 16.0. The lowest BCUT2D eigenvalue weighted by atomic mass is 10.1. The number of ether oxygens (including phenoxy) is 1. The molecular weight excluding hydrogens is 276 g/mol. The summed E-state index contributed by atoms with van der Waals surface area (Å²) in [5.74, 6) is 0.416. The summed E-state index contributed by atoms with van der Waals surface area (Å²) in [5.41, 5.74) is 2.97. The van der Waals surface area contributed by atoms with Crippen LogP contribution in [0.2, 0.25) is 0 Å². The minimum absolute atomic E-state index is 0.416. The van der Waals surface area contributed by atoms with Crippen molar-refractivity contribution in [3.8, 4) is 0 Å². The van der Waals surface area contributed by atoms with Gasteiger partial charge in [-0.25, -0.2) is 4.79 Å². The van der Waals surface area contributed by atoms with Crippen molar-refractivity contribution in [1.29, 1.82) is 0 Å². The smallest absolute Gasteiger partial charge is 0.348 e. The zero-order valence-electron chi connectivity index (χ0n) is 12.9. The molecule has 0 aliphatic heterocycles. The maximum atomic E-state index is 12.0. The fraction of sp³-hybridized carbons (Fsp3) is 0.222. The Kier molecular flexibility index (Phi) is 5.72. The number of benzene rings is 2. The lowest BCUT2D eigenvalue weighted by Crippen LogP contribution is -2.15. The number of nitrogens with zero attached hydrogens (tertiary/aromatic N) is 1.